The maximum Gasteiger partial charge on any atom is 0.147 e. The van der Waals surface area contributed by atoms with E-state index < -0.39 is 0 Å². The second kappa shape index (κ2) is 5.17. The highest BCUT2D eigenvalue weighted by molar-refractivity contribution is 9.09. The largest absolute Gasteiger partial charge is 0.352 e. The molecule has 0 bridgehead atoms. The van der Waals surface area contributed by atoms with Crippen LogP contribution in [0, 0.1) is 0 Å². The van der Waals surface area contributed by atoms with Gasteiger partial charge in [0.2, 0.25) is 0 Å². The molecule has 0 N–H and O–H groups in total. The highest BCUT2D eigenvalue weighted by atomic mass is 79.9. The molecule has 4 heteroatoms. The lowest BCUT2D eigenvalue weighted by atomic mass is 10.3. The van der Waals surface area contributed by atoms with E-state index in [-0.39, 0.29) is 0 Å². The third-order valence-electron chi connectivity index (χ3n) is 1.79. The molecule has 0 aliphatic rings. The van der Waals surface area contributed by atoms with E-state index in [1.165, 1.54) is 0 Å². The van der Waals surface area contributed by atoms with Crippen molar-refractivity contribution in [3.05, 3.63) is 18.6 Å². The van der Waals surface area contributed by atoms with Gasteiger partial charge >= 0.3 is 0 Å². The molecule has 0 spiro atoms. The van der Waals surface area contributed by atoms with Gasteiger partial charge in [-0.1, -0.05) is 15.9 Å². The zero-order chi connectivity index (χ0) is 9.68. The maximum absolute atomic E-state index is 4.26. The quantitative estimate of drug-likeness (QED) is 0.759. The summed E-state index contributed by atoms with van der Waals surface area (Å²) in [5.74, 6) is 0.942. The SMILES string of the molecule is CC(C)N(CCBr)c1cnccn1. The van der Waals surface area contributed by atoms with Crippen LogP contribution in [-0.4, -0.2) is 27.9 Å². The molecule has 0 radical (unpaired) electrons. The summed E-state index contributed by atoms with van der Waals surface area (Å²) >= 11 is 3.43. The molecule has 0 amide bonds. The van der Waals surface area contributed by atoms with Crippen LogP contribution in [0.2, 0.25) is 0 Å². The number of rotatable bonds is 4. The predicted molar refractivity (Wildman–Crippen MR) is 58.3 cm³/mol. The first-order chi connectivity index (χ1) is 6.25. The Kier molecular flexibility index (Phi) is 4.15. The number of aromatic nitrogens is 2. The lowest BCUT2D eigenvalue weighted by molar-refractivity contribution is 0.695. The summed E-state index contributed by atoms with van der Waals surface area (Å²) < 4.78 is 0. The smallest absolute Gasteiger partial charge is 0.147 e. The van der Waals surface area contributed by atoms with Crippen molar-refractivity contribution in [3.8, 4) is 0 Å². The summed E-state index contributed by atoms with van der Waals surface area (Å²) in [6.45, 7) is 5.26. The van der Waals surface area contributed by atoms with Crippen molar-refractivity contribution in [2.45, 2.75) is 19.9 Å². The molecule has 3 nitrogen and oxygen atoms in total. The average molecular weight is 244 g/mol. The van der Waals surface area contributed by atoms with Gasteiger partial charge in [-0.3, -0.25) is 4.98 Å². The van der Waals surface area contributed by atoms with Gasteiger partial charge in [0, 0.05) is 30.3 Å². The predicted octanol–water partition coefficient (Wildman–Crippen LogP) is 2.09. The molecule has 0 aliphatic carbocycles. The van der Waals surface area contributed by atoms with Crippen molar-refractivity contribution in [1.29, 1.82) is 0 Å². The Hall–Kier alpha value is -0.640. The first-order valence-electron chi connectivity index (χ1n) is 4.34. The molecule has 0 aliphatic heterocycles. The molecule has 1 rings (SSSR count). The van der Waals surface area contributed by atoms with Crippen molar-refractivity contribution in [1.82, 2.24) is 9.97 Å². The van der Waals surface area contributed by atoms with Gasteiger partial charge in [-0.2, -0.15) is 0 Å². The van der Waals surface area contributed by atoms with Crippen LogP contribution in [0.1, 0.15) is 13.8 Å². The highest BCUT2D eigenvalue weighted by Crippen LogP contribution is 2.11. The summed E-state index contributed by atoms with van der Waals surface area (Å²) in [5, 5.41) is 0.946. The number of hydrogen-bond donors (Lipinski definition) is 0. The van der Waals surface area contributed by atoms with Gasteiger partial charge in [0.05, 0.1) is 6.20 Å². The van der Waals surface area contributed by atoms with E-state index in [1.807, 2.05) is 0 Å². The minimum Gasteiger partial charge on any atom is -0.352 e. The van der Waals surface area contributed by atoms with E-state index in [0.29, 0.717) is 6.04 Å². The van der Waals surface area contributed by atoms with E-state index in [9.17, 15) is 0 Å². The van der Waals surface area contributed by atoms with Crippen molar-refractivity contribution >= 4 is 21.7 Å². The molecule has 72 valence electrons. The van der Waals surface area contributed by atoms with E-state index in [4.69, 9.17) is 0 Å². The lowest BCUT2D eigenvalue weighted by Gasteiger charge is -2.26. The third-order valence-corrected chi connectivity index (χ3v) is 2.15. The molecule has 13 heavy (non-hydrogen) atoms. The van der Waals surface area contributed by atoms with Crippen molar-refractivity contribution in [2.24, 2.45) is 0 Å². The zero-order valence-corrected chi connectivity index (χ0v) is 9.53. The molecule has 0 atom stereocenters. The fourth-order valence-corrected chi connectivity index (χ4v) is 1.55. The van der Waals surface area contributed by atoms with Crippen LogP contribution in [-0.2, 0) is 0 Å². The van der Waals surface area contributed by atoms with Crippen LogP contribution in [0.5, 0.6) is 0 Å². The molecular formula is C9H14BrN3. The Morgan fingerprint density at radius 1 is 1.46 bits per heavy atom. The Labute approximate surface area is 87.3 Å². The standard InChI is InChI=1S/C9H14BrN3/c1-8(2)13(6-3-10)9-7-11-4-5-12-9/h4-5,7-8H,3,6H2,1-2H3. The normalized spacial score (nSPS) is 10.5. The lowest BCUT2D eigenvalue weighted by Crippen LogP contribution is -2.33. The Morgan fingerprint density at radius 3 is 2.69 bits per heavy atom. The van der Waals surface area contributed by atoms with Crippen LogP contribution in [0.15, 0.2) is 18.6 Å². The average Bonchev–Trinajstić information content (AvgIpc) is 2.15. The minimum absolute atomic E-state index is 0.453. The molecule has 0 saturated heterocycles. The molecule has 0 unspecified atom stereocenters. The molecule has 0 aromatic carbocycles. The third kappa shape index (κ3) is 2.95. The molecule has 0 saturated carbocycles. The van der Waals surface area contributed by atoms with Gasteiger partial charge in [-0.05, 0) is 13.8 Å². The van der Waals surface area contributed by atoms with E-state index in [1.54, 1.807) is 18.6 Å². The molecular weight excluding hydrogens is 230 g/mol. The first kappa shape index (κ1) is 10.4. The number of hydrogen-bond acceptors (Lipinski definition) is 3. The summed E-state index contributed by atoms with van der Waals surface area (Å²) in [7, 11) is 0. The number of anilines is 1. The Morgan fingerprint density at radius 2 is 2.23 bits per heavy atom. The monoisotopic (exact) mass is 243 g/mol. The van der Waals surface area contributed by atoms with Gasteiger partial charge < -0.3 is 4.90 Å². The summed E-state index contributed by atoms with van der Waals surface area (Å²) in [6, 6.07) is 0.453. The fourth-order valence-electron chi connectivity index (χ4n) is 1.17. The van der Waals surface area contributed by atoms with Crippen LogP contribution < -0.4 is 4.90 Å². The van der Waals surface area contributed by atoms with Gasteiger partial charge in [0.1, 0.15) is 5.82 Å². The van der Waals surface area contributed by atoms with Crippen molar-refractivity contribution in [3.63, 3.8) is 0 Å². The second-order valence-corrected chi connectivity index (χ2v) is 3.83. The van der Waals surface area contributed by atoms with E-state index in [2.05, 4.69) is 44.6 Å². The van der Waals surface area contributed by atoms with Crippen LogP contribution >= 0.6 is 15.9 Å². The number of halogens is 1. The maximum atomic E-state index is 4.26. The van der Waals surface area contributed by atoms with Crippen molar-refractivity contribution < 1.29 is 0 Å². The van der Waals surface area contributed by atoms with E-state index >= 15 is 0 Å². The summed E-state index contributed by atoms with van der Waals surface area (Å²) in [4.78, 5) is 10.5. The van der Waals surface area contributed by atoms with Gasteiger partial charge in [0.25, 0.3) is 0 Å². The van der Waals surface area contributed by atoms with Gasteiger partial charge in [-0.25, -0.2) is 4.98 Å². The fraction of sp³-hybridized carbons (Fsp3) is 0.556. The zero-order valence-electron chi connectivity index (χ0n) is 7.94. The molecule has 0 fully saturated rings. The Bertz CT molecular complexity index is 238. The van der Waals surface area contributed by atoms with Crippen LogP contribution in [0.3, 0.4) is 0 Å². The molecule has 1 aromatic rings. The summed E-state index contributed by atoms with van der Waals surface area (Å²) in [6.07, 6.45) is 5.21. The van der Waals surface area contributed by atoms with Gasteiger partial charge in [0.15, 0.2) is 0 Å². The first-order valence-corrected chi connectivity index (χ1v) is 5.46. The number of alkyl halides is 1. The highest BCUT2D eigenvalue weighted by Gasteiger charge is 2.09. The topological polar surface area (TPSA) is 29.0 Å². The molecule has 1 heterocycles. The number of nitrogens with zero attached hydrogens (tertiary/aromatic N) is 3. The minimum atomic E-state index is 0.453. The summed E-state index contributed by atoms with van der Waals surface area (Å²) in [5.41, 5.74) is 0. The van der Waals surface area contributed by atoms with E-state index in [0.717, 1.165) is 17.7 Å². The molecule has 1 aromatic heterocycles. The second-order valence-electron chi connectivity index (χ2n) is 3.04. The van der Waals surface area contributed by atoms with Gasteiger partial charge in [-0.15, -0.1) is 0 Å². The van der Waals surface area contributed by atoms with Crippen LogP contribution in [0.25, 0.3) is 0 Å². The van der Waals surface area contributed by atoms with Crippen molar-refractivity contribution in [2.75, 3.05) is 16.8 Å². The Balaban J connectivity index is 2.76. The van der Waals surface area contributed by atoms with Crippen LogP contribution in [0.4, 0.5) is 5.82 Å².